The van der Waals surface area contributed by atoms with Gasteiger partial charge in [0.1, 0.15) is 50.9 Å². The Bertz CT molecular complexity index is 3910. The molecule has 1 saturated carbocycles. The maximum absolute atomic E-state index is 14.0. The Morgan fingerprint density at radius 2 is 1.05 bits per heavy atom. The molecule has 0 aliphatic heterocycles. The normalized spacial score (nSPS) is 13.7. The van der Waals surface area contributed by atoms with Gasteiger partial charge < -0.3 is 18.9 Å². The zero-order chi connectivity index (χ0) is 56.8. The molecule has 0 amide bonds. The molecule has 1 aliphatic rings. The van der Waals surface area contributed by atoms with Crippen molar-refractivity contribution in [3.05, 3.63) is 191 Å². The first-order valence-corrected chi connectivity index (χ1v) is 30.0. The van der Waals surface area contributed by atoms with Gasteiger partial charge in [-0.15, -0.1) is 8.67 Å². The number of sulfone groups is 1. The fourth-order valence-electron chi connectivity index (χ4n) is 9.44. The molecular weight excluding hydrogens is 1140 g/mol. The number of hydrogen-bond acceptors (Lipinski definition) is 19. The van der Waals surface area contributed by atoms with Crippen LogP contribution in [0.25, 0.3) is 10.8 Å². The second-order valence-electron chi connectivity index (χ2n) is 18.3. The van der Waals surface area contributed by atoms with Crippen LogP contribution in [0.2, 0.25) is 0 Å². The van der Waals surface area contributed by atoms with E-state index in [4.69, 9.17) is 33.8 Å². The topological polar surface area (TPSA) is 274 Å². The first kappa shape index (κ1) is 57.8. The van der Waals surface area contributed by atoms with E-state index in [0.29, 0.717) is 46.9 Å². The van der Waals surface area contributed by atoms with Crippen LogP contribution in [-0.2, 0) is 60.8 Å². The van der Waals surface area contributed by atoms with Gasteiger partial charge in [0.05, 0.1) is 45.9 Å². The van der Waals surface area contributed by atoms with E-state index in [9.17, 15) is 39.2 Å². The highest BCUT2D eigenvalue weighted by Crippen LogP contribution is 2.46. The summed E-state index contributed by atoms with van der Waals surface area (Å²) in [6, 6.07) is 41.5. The molecule has 0 radical (unpaired) electrons. The van der Waals surface area contributed by atoms with Gasteiger partial charge in [-0.05, 0) is 151 Å². The highest BCUT2D eigenvalue weighted by molar-refractivity contribution is 7.95. The summed E-state index contributed by atoms with van der Waals surface area (Å²) >= 11 is 0.947. The molecule has 4 N–H and O–H groups in total. The first-order chi connectivity index (χ1) is 38.3. The van der Waals surface area contributed by atoms with E-state index in [0.717, 1.165) is 67.0 Å². The van der Waals surface area contributed by atoms with Crippen molar-refractivity contribution in [2.45, 2.75) is 80.4 Å². The number of carbonyl (C=O) groups excluding carboxylic acids is 1. The van der Waals surface area contributed by atoms with Crippen molar-refractivity contribution in [1.82, 2.24) is 0 Å². The smallest absolute Gasteiger partial charge is 0.298 e. The quantitative estimate of drug-likeness (QED) is 0.0161. The lowest BCUT2D eigenvalue weighted by molar-refractivity contribution is -0.432. The van der Waals surface area contributed by atoms with Gasteiger partial charge in [0, 0.05) is 27.0 Å². The van der Waals surface area contributed by atoms with Crippen LogP contribution in [0.4, 0.5) is 0 Å². The highest BCUT2D eigenvalue weighted by atomic mass is 32.2. The molecule has 9 rings (SSSR count). The molecule has 0 spiro atoms. The van der Waals surface area contributed by atoms with Gasteiger partial charge in [0.15, 0.2) is 5.78 Å². The van der Waals surface area contributed by atoms with Gasteiger partial charge in [0.2, 0.25) is 9.84 Å². The van der Waals surface area contributed by atoms with Crippen molar-refractivity contribution >= 4 is 70.7 Å². The van der Waals surface area contributed by atoms with E-state index < -0.39 is 51.4 Å². The molecule has 0 saturated heterocycles. The Labute approximate surface area is 468 Å². The Balaban J connectivity index is 0.900. The maximum Gasteiger partial charge on any atom is 0.298 e. The lowest BCUT2D eigenvalue weighted by atomic mass is 9.65. The van der Waals surface area contributed by atoms with E-state index in [1.54, 1.807) is 42.5 Å². The average Bonchev–Trinajstić information content (AvgIpc) is 3.48. The Morgan fingerprint density at radius 3 is 1.64 bits per heavy atom. The number of benzene rings is 8. The van der Waals surface area contributed by atoms with Crippen molar-refractivity contribution in [3.63, 3.8) is 0 Å². The second kappa shape index (κ2) is 24.5. The van der Waals surface area contributed by atoms with Crippen LogP contribution in [0.1, 0.15) is 70.3 Å². The SMILES string of the molecule is COc1cc2cc(Oc3ccc(C(=O)c4ccc(COc5ccc(C6(c7ccc(Oc8ccc(S(=O)(=O)c9ccc(C)cc9)cc8)cc7)CCCCC6)cc5)c(SOOO)c4)cc3S(=O)(=O)O)c(SOOO)cc2cc1S(=O)(=O)O. The molecule has 19 nitrogen and oxygen atoms in total. The summed E-state index contributed by atoms with van der Waals surface area (Å²) in [5.41, 5.74) is 3.25. The van der Waals surface area contributed by atoms with Crippen LogP contribution in [0, 0.1) is 6.92 Å². The highest BCUT2D eigenvalue weighted by Gasteiger charge is 2.36. The largest absolute Gasteiger partial charge is 0.495 e. The average molecular weight is 1190 g/mol. The Hall–Kier alpha value is -6.88. The van der Waals surface area contributed by atoms with Crippen molar-refractivity contribution in [1.29, 1.82) is 0 Å². The molecule has 0 unspecified atom stereocenters. The molecule has 0 atom stereocenters. The number of fused-ring (bicyclic) bond motifs is 1. The zero-order valence-electron chi connectivity index (χ0n) is 42.2. The number of ketones is 1. The number of hydrogen-bond donors (Lipinski definition) is 4. The van der Waals surface area contributed by atoms with Crippen LogP contribution in [0.5, 0.6) is 34.5 Å². The predicted molar refractivity (Wildman–Crippen MR) is 292 cm³/mol. The van der Waals surface area contributed by atoms with Crippen molar-refractivity contribution in [2.24, 2.45) is 0 Å². The summed E-state index contributed by atoms with van der Waals surface area (Å²) < 4.78 is 129. The van der Waals surface area contributed by atoms with Gasteiger partial charge in [-0.25, -0.2) is 18.9 Å². The van der Waals surface area contributed by atoms with Crippen LogP contribution in [-0.4, -0.2) is 57.8 Å². The van der Waals surface area contributed by atoms with Gasteiger partial charge in [-0.1, -0.05) is 83.4 Å². The number of rotatable bonds is 22. The minimum absolute atomic E-state index is 0.0166. The number of ether oxygens (including phenoxy) is 4. The van der Waals surface area contributed by atoms with Gasteiger partial charge in [-0.2, -0.15) is 16.8 Å². The Morgan fingerprint density at radius 1 is 0.537 bits per heavy atom. The summed E-state index contributed by atoms with van der Waals surface area (Å²) in [7, 11) is -12.4. The molecule has 80 heavy (non-hydrogen) atoms. The third-order valence-electron chi connectivity index (χ3n) is 13.4. The molecule has 8 aromatic rings. The van der Waals surface area contributed by atoms with E-state index >= 15 is 0 Å². The van der Waals surface area contributed by atoms with Crippen LogP contribution in [0.3, 0.4) is 0 Å². The molecule has 0 heterocycles. The summed E-state index contributed by atoms with van der Waals surface area (Å²) in [4.78, 5) is 13.3. The molecule has 0 aromatic heterocycles. The van der Waals surface area contributed by atoms with E-state index in [1.165, 1.54) is 55.6 Å². The van der Waals surface area contributed by atoms with Gasteiger partial charge >= 0.3 is 0 Å². The molecule has 1 fully saturated rings. The molecule has 8 aromatic carbocycles. The minimum atomic E-state index is -5.10. The predicted octanol–water partition coefficient (Wildman–Crippen LogP) is 13.0. The van der Waals surface area contributed by atoms with Crippen LogP contribution < -0.4 is 18.9 Å². The Kier molecular flexibility index (Phi) is 17.7. The van der Waals surface area contributed by atoms with Crippen LogP contribution >= 0.6 is 24.1 Å². The fraction of sp³-hybridized carbons (Fsp3) is 0.161. The summed E-state index contributed by atoms with van der Waals surface area (Å²) in [6.07, 6.45) is 5.02. The van der Waals surface area contributed by atoms with Crippen LogP contribution in [0.15, 0.2) is 187 Å². The monoisotopic (exact) mass is 1180 g/mol. The lowest BCUT2D eigenvalue weighted by Crippen LogP contribution is -2.30. The standard InChI is InChI=1S/C56H48O19S5/c1-35-6-21-46(22-7-35)78(60,61)47-23-19-45(20-24-47)70-44-17-13-42(14-18-44)56(26-4-3-5-27-56)41-11-15-43(16-12-41)69-34-38-9-8-36(30-51(38)76-74-72-58)55(57)37-10-25-48(53(32-37)79(62,63)64)71-49-28-39-29-50(68-2)54(80(65,66)67)33-40(39)31-52(49)77-75-73-59/h6-25,28-33,58-59H,3-5,26-27,34H2,1-2H3,(H,62,63,64)(H,65,66,67). The number of methoxy groups -OCH3 is 1. The third-order valence-corrected chi connectivity index (χ3v) is 18.3. The fourth-order valence-corrected chi connectivity index (χ4v) is 13.0. The van der Waals surface area contributed by atoms with Crippen molar-refractivity contribution < 1.29 is 87.4 Å². The van der Waals surface area contributed by atoms with Gasteiger partial charge in [0.25, 0.3) is 20.2 Å². The second-order valence-corrected chi connectivity index (χ2v) is 24.6. The molecule has 1 aliphatic carbocycles. The van der Waals surface area contributed by atoms with E-state index in [2.05, 4.69) is 26.5 Å². The number of carbonyl (C=O) groups is 1. The summed E-state index contributed by atoms with van der Waals surface area (Å²) in [6.45, 7) is 1.87. The minimum Gasteiger partial charge on any atom is -0.495 e. The summed E-state index contributed by atoms with van der Waals surface area (Å²) in [5, 5.41) is 26.0. The first-order valence-electron chi connectivity index (χ1n) is 24.1. The lowest BCUT2D eigenvalue weighted by Gasteiger charge is -2.38. The molecular formula is C56H48O19S5. The van der Waals surface area contributed by atoms with E-state index in [-0.39, 0.29) is 65.0 Å². The summed E-state index contributed by atoms with van der Waals surface area (Å²) in [5.74, 6) is 0.0615. The zero-order valence-corrected chi connectivity index (χ0v) is 46.3. The van der Waals surface area contributed by atoms with Crippen molar-refractivity contribution in [2.75, 3.05) is 7.11 Å². The molecule has 416 valence electrons. The van der Waals surface area contributed by atoms with Gasteiger partial charge in [-0.3, -0.25) is 13.9 Å². The van der Waals surface area contributed by atoms with E-state index in [1.807, 2.05) is 43.3 Å². The number of aryl methyl sites for hydroxylation is 1. The maximum atomic E-state index is 14.0. The van der Waals surface area contributed by atoms with Crippen molar-refractivity contribution in [3.8, 4) is 34.5 Å². The molecule has 0 bridgehead atoms. The third kappa shape index (κ3) is 13.0. The molecule has 24 heteroatoms.